The van der Waals surface area contributed by atoms with Crippen LogP contribution in [0.25, 0.3) is 0 Å². The third-order valence-corrected chi connectivity index (χ3v) is 11.7. The second kappa shape index (κ2) is 17.7. The first-order valence-corrected chi connectivity index (χ1v) is 14.1. The van der Waals surface area contributed by atoms with Gasteiger partial charge in [-0.2, -0.15) is 27.8 Å². The van der Waals surface area contributed by atoms with E-state index < -0.39 is 7.26 Å². The van der Waals surface area contributed by atoms with Crippen molar-refractivity contribution in [2.24, 2.45) is 0 Å². The molecule has 5 aromatic rings. The summed E-state index contributed by atoms with van der Waals surface area (Å²) < 4.78 is 0. The van der Waals surface area contributed by atoms with Crippen molar-refractivity contribution in [3.8, 4) is 0 Å². The van der Waals surface area contributed by atoms with Gasteiger partial charge in [-0.1, -0.05) is 107 Å². The molecule has 0 heterocycles. The zero-order chi connectivity index (χ0) is 24.8. The molecule has 0 bridgehead atoms. The number of hydrogen-bond donors (Lipinski definition) is 0. The Hall–Kier alpha value is -1.09. The summed E-state index contributed by atoms with van der Waals surface area (Å²) in [4.78, 5) is 0. The molecule has 0 aliphatic heterocycles. The summed E-state index contributed by atoms with van der Waals surface area (Å²) in [5.41, 5.74) is 7.34. The van der Waals surface area contributed by atoms with E-state index in [0.29, 0.717) is 0 Å². The Bertz CT molecular complexity index is 1130. The molecular weight excluding hydrogens is 860 g/mol. The van der Waals surface area contributed by atoms with Gasteiger partial charge < -0.3 is 51.2 Å². The van der Waals surface area contributed by atoms with Gasteiger partial charge in [0.05, 0.1) is 0 Å². The maximum absolute atomic E-state index is 2.28. The number of hydrogen-bond acceptors (Lipinski definition) is 0. The molecule has 0 amide bonds. The monoisotopic (exact) mass is 898 g/mol. The van der Waals surface area contributed by atoms with Crippen molar-refractivity contribution in [3.05, 3.63) is 149 Å². The molecular formula is C34H35PSe3W-6. The van der Waals surface area contributed by atoms with E-state index in [1.54, 1.807) is 0 Å². The zero-order valence-electron chi connectivity index (χ0n) is 23.1. The molecule has 0 N–H and O–H groups in total. The number of rotatable bonds is 4. The SMILES string of the molecule is Cc1c(C)c(C)[c-](C)c1C.[Se-2].[Se-2].[Se-2].[W].c1ccc([P+](c2ccccc2)(c2ccccc2)c2ccccc2)cc1. The van der Waals surface area contributed by atoms with Gasteiger partial charge >= 0.3 is 0 Å². The molecule has 5 aromatic carbocycles. The van der Waals surface area contributed by atoms with E-state index in [2.05, 4.69) is 156 Å². The fraction of sp³-hybridized carbons (Fsp3) is 0.147. The molecule has 0 aromatic heterocycles. The predicted octanol–water partition coefficient (Wildman–Crippen LogP) is 6.11. The average molecular weight is 895 g/mol. The van der Waals surface area contributed by atoms with E-state index in [0.717, 1.165) is 0 Å². The molecule has 0 radical (unpaired) electrons. The summed E-state index contributed by atoms with van der Waals surface area (Å²) in [7, 11) is -1.91. The van der Waals surface area contributed by atoms with Crippen molar-refractivity contribution in [1.82, 2.24) is 0 Å². The molecule has 0 aliphatic rings. The zero-order valence-corrected chi connectivity index (χ0v) is 32.1. The normalized spacial score (nSPS) is 9.87. The van der Waals surface area contributed by atoms with E-state index in [-0.39, 0.29) is 72.3 Å². The Morgan fingerprint density at radius 3 is 0.769 bits per heavy atom. The first-order chi connectivity index (χ1) is 17.0. The molecule has 0 atom stereocenters. The molecule has 0 fully saturated rings. The van der Waals surface area contributed by atoms with Crippen molar-refractivity contribution in [1.29, 1.82) is 0 Å². The van der Waals surface area contributed by atoms with Crippen molar-refractivity contribution < 1.29 is 21.1 Å². The maximum Gasteiger partial charge on any atom is 0.144 e. The standard InChI is InChI=1S/C24H20P.C10H15.3Se.W/c1-5-13-21(14-6-1)25(22-15-7-2-8-16-22,23-17-9-3-10-18-23)24-19-11-4-12-20-24;1-6-7(2)9(4)10(5)8(6)3;;;;/h1-20H;1-5H3;;;;/q+1;-1;3*-2;. The Balaban J connectivity index is 0.000000891. The summed E-state index contributed by atoms with van der Waals surface area (Å²) in [6.07, 6.45) is 0. The Morgan fingerprint density at radius 2 is 0.615 bits per heavy atom. The molecule has 0 unspecified atom stereocenters. The summed E-state index contributed by atoms with van der Waals surface area (Å²) in [5, 5.41) is 5.55. The minimum Gasteiger partial charge on any atom is -2.00 e. The van der Waals surface area contributed by atoms with E-state index in [1.807, 2.05) is 0 Å². The van der Waals surface area contributed by atoms with Crippen LogP contribution in [-0.4, -0.2) is 51.2 Å². The van der Waals surface area contributed by atoms with Gasteiger partial charge in [0, 0.05) is 21.1 Å². The van der Waals surface area contributed by atoms with Gasteiger partial charge in [-0.05, 0) is 48.5 Å². The smallest absolute Gasteiger partial charge is 0.144 e. The fourth-order valence-corrected chi connectivity index (χ4v) is 9.17. The predicted molar refractivity (Wildman–Crippen MR) is 174 cm³/mol. The van der Waals surface area contributed by atoms with Crippen molar-refractivity contribution in [2.75, 3.05) is 0 Å². The van der Waals surface area contributed by atoms with Crippen LogP contribution in [-0.2, 0) is 21.1 Å². The fourth-order valence-electron chi connectivity index (χ4n) is 4.91. The van der Waals surface area contributed by atoms with E-state index in [9.17, 15) is 0 Å². The van der Waals surface area contributed by atoms with Crippen LogP contribution in [0.2, 0.25) is 0 Å². The Morgan fingerprint density at radius 1 is 0.410 bits per heavy atom. The average Bonchev–Trinajstić information content (AvgIpc) is 3.09. The van der Waals surface area contributed by atoms with Gasteiger partial charge in [0.15, 0.2) is 0 Å². The summed E-state index contributed by atoms with van der Waals surface area (Å²) in [6.45, 7) is 11.0. The van der Waals surface area contributed by atoms with E-state index >= 15 is 0 Å². The van der Waals surface area contributed by atoms with Crippen molar-refractivity contribution in [3.63, 3.8) is 0 Å². The van der Waals surface area contributed by atoms with E-state index in [4.69, 9.17) is 0 Å². The molecule has 5 rings (SSSR count). The van der Waals surface area contributed by atoms with Crippen LogP contribution in [0.5, 0.6) is 0 Å². The first kappa shape index (κ1) is 37.9. The molecule has 0 saturated heterocycles. The molecule has 0 saturated carbocycles. The van der Waals surface area contributed by atoms with Gasteiger partial charge in [0.2, 0.25) is 0 Å². The van der Waals surface area contributed by atoms with Gasteiger partial charge in [-0.15, -0.1) is 0 Å². The van der Waals surface area contributed by atoms with Crippen LogP contribution in [0, 0.1) is 34.6 Å². The minimum absolute atomic E-state index is 0. The Kier molecular flexibility index (Phi) is 17.2. The molecule has 0 aliphatic carbocycles. The van der Waals surface area contributed by atoms with Gasteiger partial charge in [0.25, 0.3) is 0 Å². The molecule has 0 spiro atoms. The largest absolute Gasteiger partial charge is 2.00 e. The van der Waals surface area contributed by atoms with Crippen molar-refractivity contribution in [2.45, 2.75) is 34.6 Å². The van der Waals surface area contributed by atoms with Crippen LogP contribution in [0.4, 0.5) is 0 Å². The van der Waals surface area contributed by atoms with Crippen LogP contribution in [0.1, 0.15) is 27.8 Å². The van der Waals surface area contributed by atoms with Crippen molar-refractivity contribution >= 4 is 79.7 Å². The van der Waals surface area contributed by atoms with E-state index in [1.165, 1.54) is 49.0 Å². The number of benzene rings is 4. The maximum atomic E-state index is 2.28. The quantitative estimate of drug-likeness (QED) is 0.116. The second-order valence-corrected chi connectivity index (χ2v) is 12.5. The van der Waals surface area contributed by atoms with Crippen LogP contribution >= 0.6 is 7.26 Å². The van der Waals surface area contributed by atoms with Gasteiger partial charge in [-0.25, -0.2) is 0 Å². The summed E-state index contributed by atoms with van der Waals surface area (Å²) in [6, 6.07) is 43.8. The van der Waals surface area contributed by atoms with Crippen LogP contribution in [0.3, 0.4) is 0 Å². The Labute approximate surface area is 282 Å². The molecule has 5 heteroatoms. The minimum atomic E-state index is -1.91. The first-order valence-electron chi connectivity index (χ1n) is 12.3. The third-order valence-electron chi connectivity index (χ3n) is 7.39. The van der Waals surface area contributed by atoms with Gasteiger partial charge in [0.1, 0.15) is 28.5 Å². The van der Waals surface area contributed by atoms with Crippen LogP contribution in [0.15, 0.2) is 121 Å². The van der Waals surface area contributed by atoms with Gasteiger partial charge in [-0.3, -0.25) is 0 Å². The molecule has 39 heavy (non-hydrogen) atoms. The third kappa shape index (κ3) is 8.01. The summed E-state index contributed by atoms with van der Waals surface area (Å²) in [5.74, 6) is 0. The summed E-state index contributed by atoms with van der Waals surface area (Å²) >= 11 is 0. The topological polar surface area (TPSA) is 0 Å². The molecule has 0 nitrogen and oxygen atoms in total. The van der Waals surface area contributed by atoms with Crippen LogP contribution < -0.4 is 21.2 Å². The molecule has 206 valence electrons. The second-order valence-electron chi connectivity index (χ2n) is 9.14.